The molecule has 292 valence electrons. The monoisotopic (exact) mass is 792 g/mol. The van der Waals surface area contributed by atoms with Gasteiger partial charge in [0.1, 0.15) is 18.6 Å². The van der Waals surface area contributed by atoms with Crippen LogP contribution >= 0.6 is 33.3 Å². The first-order valence-corrected chi connectivity index (χ1v) is 20.2. The van der Waals surface area contributed by atoms with Crippen LogP contribution in [0.25, 0.3) is 0 Å². The number of amides is 6. The van der Waals surface area contributed by atoms with E-state index in [4.69, 9.17) is 25.4 Å². The summed E-state index contributed by atoms with van der Waals surface area (Å²) < 4.78 is 10.9. The van der Waals surface area contributed by atoms with Crippen LogP contribution < -0.4 is 27.0 Å². The first kappa shape index (κ1) is 44.8. The molecule has 21 heteroatoms. The van der Waals surface area contributed by atoms with E-state index in [9.17, 15) is 38.4 Å². The van der Waals surface area contributed by atoms with Crippen molar-refractivity contribution in [3.8, 4) is 0 Å². The number of carboxylic acid groups (broad SMARTS) is 2. The largest absolute Gasteiger partial charge is 0.480 e. The molecule has 1 saturated heterocycles. The number of carboxylic acids is 2. The number of nitrogens with one attached hydrogen (secondary N) is 4. The van der Waals surface area contributed by atoms with Gasteiger partial charge in [-0.1, -0.05) is 28.0 Å². The molecule has 3 atom stereocenters. The van der Waals surface area contributed by atoms with Crippen molar-refractivity contribution >= 4 is 80.7 Å². The van der Waals surface area contributed by atoms with E-state index in [1.165, 1.54) is 12.2 Å². The summed E-state index contributed by atoms with van der Waals surface area (Å²) in [5.41, 5.74) is 5.40. The van der Waals surface area contributed by atoms with Gasteiger partial charge in [-0.25, -0.2) is 0 Å². The Morgan fingerprint density at radius 2 is 1.60 bits per heavy atom. The molecule has 2 rings (SSSR count). The lowest BCUT2D eigenvalue weighted by molar-refractivity contribution is -0.139. The van der Waals surface area contributed by atoms with Gasteiger partial charge < -0.3 is 46.7 Å². The summed E-state index contributed by atoms with van der Waals surface area (Å²) in [6.45, 7) is 0.819. The van der Waals surface area contributed by atoms with Gasteiger partial charge in [-0.05, 0) is 25.7 Å². The zero-order valence-corrected chi connectivity index (χ0v) is 31.2. The van der Waals surface area contributed by atoms with Crippen molar-refractivity contribution < 1.29 is 58.0 Å². The van der Waals surface area contributed by atoms with Crippen molar-refractivity contribution in [3.05, 3.63) is 11.0 Å². The summed E-state index contributed by atoms with van der Waals surface area (Å²) in [7, 11) is 3.88. The molecule has 0 saturated carbocycles. The molecule has 8 N–H and O–H groups in total. The quantitative estimate of drug-likeness (QED) is 0.0291. The molecule has 0 aromatic carbocycles. The van der Waals surface area contributed by atoms with Gasteiger partial charge in [0.25, 0.3) is 11.8 Å². The lowest BCUT2D eigenvalue weighted by atomic mass is 10.1. The summed E-state index contributed by atoms with van der Waals surface area (Å²) >= 11 is 0.772. The highest BCUT2D eigenvalue weighted by molar-refractivity contribution is 8.77. The standard InChI is InChI=1S/C31H48N6O12S3/c32-21(31(46)47)5-6-26(40)36-22(29(44)35-18-28(42)43)19-50-23-17-27(41)37(30(23)45)11-7-25(39)34-10-13-49-15-14-48-12-9-33-24(38)4-2-1-3-20-8-16-51-52-20/h17,20-22H,1-16,18-19,32H2,(H,33,38)(H,34,39)(H,35,44)(H,36,40)(H,42,43)(H,46,47)/t20-,21+,22+/m1/s1. The second kappa shape index (κ2) is 25.6. The summed E-state index contributed by atoms with van der Waals surface area (Å²) in [6.07, 6.45) is 5.18. The first-order valence-electron chi connectivity index (χ1n) is 16.8. The number of unbranched alkanes of at least 4 members (excludes halogenated alkanes) is 1. The number of carbonyl (C=O) groups excluding carboxylic acids is 6. The Bertz CT molecular complexity index is 1280. The van der Waals surface area contributed by atoms with Crippen LogP contribution in [0.15, 0.2) is 11.0 Å². The van der Waals surface area contributed by atoms with E-state index in [1.807, 2.05) is 21.6 Å². The molecule has 0 aliphatic carbocycles. The van der Waals surface area contributed by atoms with Crippen LogP contribution in [0, 0.1) is 0 Å². The van der Waals surface area contributed by atoms with Gasteiger partial charge in [-0.2, -0.15) is 0 Å². The van der Waals surface area contributed by atoms with E-state index in [0.717, 1.165) is 47.3 Å². The van der Waals surface area contributed by atoms with Crippen LogP contribution in [0.5, 0.6) is 0 Å². The van der Waals surface area contributed by atoms with Gasteiger partial charge in [0.2, 0.25) is 23.6 Å². The Labute approximate surface area is 313 Å². The summed E-state index contributed by atoms with van der Waals surface area (Å²) in [6, 6.07) is -2.63. The molecule has 52 heavy (non-hydrogen) atoms. The average molecular weight is 793 g/mol. The molecular weight excluding hydrogens is 745 g/mol. The van der Waals surface area contributed by atoms with Crippen LogP contribution in [0.2, 0.25) is 0 Å². The number of carbonyl (C=O) groups is 8. The molecule has 18 nitrogen and oxygen atoms in total. The average Bonchev–Trinajstić information content (AvgIpc) is 3.72. The van der Waals surface area contributed by atoms with Gasteiger partial charge in [0, 0.05) is 61.7 Å². The SMILES string of the molecule is N[C@@H](CCC(=O)N[C@@H](CSC1=CC(=O)N(CCC(=O)NCCOCCOCCNC(=O)CCCC[C@@H]2CCSS2)C1=O)C(=O)NCC(=O)O)C(=O)O. The van der Waals surface area contributed by atoms with E-state index in [1.54, 1.807) is 0 Å². The second-order valence-corrected chi connectivity index (χ2v) is 15.4. The van der Waals surface area contributed by atoms with Crippen LogP contribution in [-0.2, 0) is 47.8 Å². The van der Waals surface area contributed by atoms with E-state index in [-0.39, 0.29) is 62.1 Å². The van der Waals surface area contributed by atoms with E-state index in [0.29, 0.717) is 26.2 Å². The van der Waals surface area contributed by atoms with E-state index < -0.39 is 60.1 Å². The summed E-state index contributed by atoms with van der Waals surface area (Å²) in [5.74, 6) is -5.07. The number of aliphatic carboxylic acids is 2. The number of rotatable bonds is 28. The number of ether oxygens (including phenoxy) is 2. The van der Waals surface area contributed by atoms with E-state index >= 15 is 0 Å². The molecule has 0 aromatic rings. The number of imide groups is 1. The third kappa shape index (κ3) is 18.9. The number of hydrogen-bond donors (Lipinski definition) is 7. The van der Waals surface area contributed by atoms with Crippen molar-refractivity contribution in [1.29, 1.82) is 0 Å². The minimum atomic E-state index is -1.33. The number of nitrogens with two attached hydrogens (primary N) is 1. The molecule has 1 fully saturated rings. The Morgan fingerprint density at radius 1 is 0.923 bits per heavy atom. The molecule has 2 aliphatic heterocycles. The third-order valence-corrected chi connectivity index (χ3v) is 11.5. The molecule has 2 aliphatic rings. The lowest BCUT2D eigenvalue weighted by Crippen LogP contribution is -2.49. The van der Waals surface area contributed by atoms with Gasteiger partial charge in [-0.3, -0.25) is 43.3 Å². The van der Waals surface area contributed by atoms with Crippen LogP contribution in [0.3, 0.4) is 0 Å². The second-order valence-electron chi connectivity index (χ2n) is 11.6. The lowest BCUT2D eigenvalue weighted by Gasteiger charge is -2.19. The molecule has 2 heterocycles. The minimum absolute atomic E-state index is 0.0194. The maximum atomic E-state index is 12.8. The molecule has 0 aromatic heterocycles. The fourth-order valence-corrected chi connectivity index (χ4v) is 8.60. The molecular formula is C31H48N6O12S3. The molecule has 0 spiro atoms. The number of hydrogen-bond acceptors (Lipinski definition) is 14. The number of nitrogens with zero attached hydrogens (tertiary/aromatic N) is 1. The zero-order chi connectivity index (χ0) is 38.3. The highest BCUT2D eigenvalue weighted by Crippen LogP contribution is 2.39. The van der Waals surface area contributed by atoms with Crippen LogP contribution in [0.1, 0.15) is 51.4 Å². The van der Waals surface area contributed by atoms with Crippen molar-refractivity contribution in [2.24, 2.45) is 5.73 Å². The van der Waals surface area contributed by atoms with Crippen LogP contribution in [-0.4, -0.2) is 144 Å². The predicted molar refractivity (Wildman–Crippen MR) is 194 cm³/mol. The third-order valence-electron chi connectivity index (χ3n) is 7.43. The van der Waals surface area contributed by atoms with Gasteiger partial charge >= 0.3 is 11.9 Å². The topological polar surface area (TPSA) is 273 Å². The molecule has 6 amide bonds. The molecule has 0 unspecified atom stereocenters. The fraction of sp³-hybridized carbons (Fsp3) is 0.677. The van der Waals surface area contributed by atoms with Crippen molar-refractivity contribution in [3.63, 3.8) is 0 Å². The molecule has 0 radical (unpaired) electrons. The van der Waals surface area contributed by atoms with E-state index in [2.05, 4.69) is 21.3 Å². The Hall–Kier alpha value is -3.37. The highest BCUT2D eigenvalue weighted by atomic mass is 33.1. The Balaban J connectivity index is 1.58. The normalized spacial score (nSPS) is 16.6. The Kier molecular flexibility index (Phi) is 22.0. The van der Waals surface area contributed by atoms with Gasteiger partial charge in [0.05, 0.1) is 31.3 Å². The summed E-state index contributed by atoms with van der Waals surface area (Å²) in [4.78, 5) is 96.9. The molecule has 0 bridgehead atoms. The Morgan fingerprint density at radius 3 is 2.21 bits per heavy atom. The van der Waals surface area contributed by atoms with Gasteiger partial charge in [-0.15, -0.1) is 11.8 Å². The predicted octanol–water partition coefficient (Wildman–Crippen LogP) is -0.780. The first-order chi connectivity index (χ1) is 24.9. The summed E-state index contributed by atoms with van der Waals surface area (Å²) in [5, 5.41) is 28.4. The maximum Gasteiger partial charge on any atom is 0.322 e. The van der Waals surface area contributed by atoms with Crippen LogP contribution in [0.4, 0.5) is 0 Å². The smallest absolute Gasteiger partial charge is 0.322 e. The van der Waals surface area contributed by atoms with Crippen molar-refractivity contribution in [2.45, 2.75) is 68.7 Å². The zero-order valence-electron chi connectivity index (χ0n) is 28.8. The van der Waals surface area contributed by atoms with Crippen molar-refractivity contribution in [1.82, 2.24) is 26.2 Å². The number of thioether (sulfide) groups is 1. The fourth-order valence-electron chi connectivity index (χ4n) is 4.58. The van der Waals surface area contributed by atoms with Gasteiger partial charge in [0.15, 0.2) is 0 Å². The highest BCUT2D eigenvalue weighted by Gasteiger charge is 2.33. The van der Waals surface area contributed by atoms with Crippen molar-refractivity contribution in [2.75, 3.05) is 64.1 Å². The minimum Gasteiger partial charge on any atom is -0.480 e. The maximum absolute atomic E-state index is 12.8.